The van der Waals surface area contributed by atoms with E-state index in [2.05, 4.69) is 193 Å². The molecule has 0 spiro atoms. The third kappa shape index (κ3) is 5.66. The third-order valence-corrected chi connectivity index (χ3v) is 12.5. The zero-order chi connectivity index (χ0) is 37.9. The first-order valence-corrected chi connectivity index (χ1v) is 20.2. The minimum atomic E-state index is 0.0126. The number of amidine groups is 1. The van der Waals surface area contributed by atoms with Gasteiger partial charge >= 0.3 is 0 Å². The molecule has 11 rings (SSSR count). The molecule has 4 heterocycles. The Morgan fingerprint density at radius 2 is 1.16 bits per heavy atom. The van der Waals surface area contributed by atoms with Crippen molar-refractivity contribution < 1.29 is 0 Å². The van der Waals surface area contributed by atoms with Gasteiger partial charge in [0.25, 0.3) is 0 Å². The van der Waals surface area contributed by atoms with Gasteiger partial charge in [0.2, 0.25) is 0 Å². The van der Waals surface area contributed by atoms with Crippen LogP contribution in [-0.2, 0) is 0 Å². The number of fused-ring (bicyclic) bond motifs is 6. The number of pyridine rings is 1. The fourth-order valence-corrected chi connectivity index (χ4v) is 9.62. The van der Waals surface area contributed by atoms with Crippen LogP contribution in [0.15, 0.2) is 199 Å². The second-order valence-corrected chi connectivity index (χ2v) is 15.8. The van der Waals surface area contributed by atoms with Crippen LogP contribution in [0.4, 0.5) is 0 Å². The molecule has 3 aromatic heterocycles. The van der Waals surface area contributed by atoms with Crippen LogP contribution >= 0.6 is 11.3 Å². The summed E-state index contributed by atoms with van der Waals surface area (Å²) in [6.45, 7) is 2.19. The number of thiophene rings is 1. The van der Waals surface area contributed by atoms with Gasteiger partial charge in [-0.1, -0.05) is 133 Å². The summed E-state index contributed by atoms with van der Waals surface area (Å²) >= 11 is 1.83. The summed E-state index contributed by atoms with van der Waals surface area (Å²) in [5.74, 6) is 0.877. The zero-order valence-corrected chi connectivity index (χ0v) is 32.0. The fraction of sp³-hybridized carbons (Fsp3) is 0.0385. The molecule has 0 fully saturated rings. The molecular formula is C52H36N4S. The second-order valence-electron chi connectivity index (χ2n) is 14.7. The smallest absolute Gasteiger partial charge is 0.134 e. The van der Waals surface area contributed by atoms with Crippen LogP contribution in [0.5, 0.6) is 0 Å². The highest BCUT2D eigenvalue weighted by Gasteiger charge is 2.25. The maximum atomic E-state index is 5.22. The van der Waals surface area contributed by atoms with Gasteiger partial charge in [0.05, 0.1) is 28.5 Å². The van der Waals surface area contributed by atoms with Crippen molar-refractivity contribution in [3.05, 3.63) is 210 Å². The lowest BCUT2D eigenvalue weighted by molar-refractivity contribution is 0.733. The van der Waals surface area contributed by atoms with Crippen LogP contribution in [0.2, 0.25) is 0 Å². The topological polar surface area (TPSA) is 42.2 Å². The third-order valence-electron chi connectivity index (χ3n) is 11.3. The van der Waals surface area contributed by atoms with Gasteiger partial charge in [-0.25, -0.2) is 4.99 Å². The number of aromatic nitrogens is 2. The maximum absolute atomic E-state index is 5.22. The lowest BCUT2D eigenvalue weighted by Crippen LogP contribution is -2.33. The SMILES string of the molecule is CC1=C(c2ccc(-c3nccc4sc5ccc(-c6ccc7c(c6)c6ccccc6n7-c6ccccc6)cc5c34)cc2)N=C(c2ccccc2)NC1c1ccccc1. The van der Waals surface area contributed by atoms with E-state index >= 15 is 0 Å². The molecule has 0 amide bonds. The van der Waals surface area contributed by atoms with E-state index in [1.165, 1.54) is 69.9 Å². The Balaban J connectivity index is 0.999. The molecule has 0 saturated heterocycles. The first-order valence-electron chi connectivity index (χ1n) is 19.4. The van der Waals surface area contributed by atoms with E-state index < -0.39 is 0 Å². The Morgan fingerprint density at radius 3 is 1.95 bits per heavy atom. The van der Waals surface area contributed by atoms with E-state index in [0.29, 0.717) is 0 Å². The van der Waals surface area contributed by atoms with Gasteiger partial charge in [-0.3, -0.25) is 4.98 Å². The van der Waals surface area contributed by atoms with Crippen molar-refractivity contribution in [3.8, 4) is 28.1 Å². The van der Waals surface area contributed by atoms with Crippen LogP contribution < -0.4 is 5.32 Å². The van der Waals surface area contributed by atoms with Gasteiger partial charge in [0.15, 0.2) is 0 Å². The predicted octanol–water partition coefficient (Wildman–Crippen LogP) is 13.4. The molecule has 1 aliphatic heterocycles. The molecule has 1 aliphatic rings. The first kappa shape index (κ1) is 33.3. The molecule has 7 aromatic carbocycles. The van der Waals surface area contributed by atoms with Crippen molar-refractivity contribution in [1.29, 1.82) is 0 Å². The lowest BCUT2D eigenvalue weighted by Gasteiger charge is -2.29. The quantitative estimate of drug-likeness (QED) is 0.184. The predicted molar refractivity (Wildman–Crippen MR) is 240 cm³/mol. The van der Waals surface area contributed by atoms with E-state index in [9.17, 15) is 0 Å². The highest BCUT2D eigenvalue weighted by molar-refractivity contribution is 7.25. The van der Waals surface area contributed by atoms with Crippen LogP contribution in [0.1, 0.15) is 29.7 Å². The Bertz CT molecular complexity index is 3190. The summed E-state index contributed by atoms with van der Waals surface area (Å²) in [5.41, 5.74) is 13.6. The standard InChI is InChI=1S/C52H36N4S/c1-33-49(34-13-5-2-6-14-34)54-52(37-15-7-3-8-16-37)55-50(33)35-21-23-36(24-22-35)51-48-43-32-39(26-28-46(43)57-47(48)29-30-53-51)38-25-27-45-42(31-38)41-19-11-12-20-44(41)56(45)40-17-9-4-10-18-40/h2-32,49H,1H3,(H,54,55). The summed E-state index contributed by atoms with van der Waals surface area (Å²) in [7, 11) is 0. The maximum Gasteiger partial charge on any atom is 0.134 e. The molecule has 1 N–H and O–H groups in total. The van der Waals surface area contributed by atoms with Crippen molar-refractivity contribution in [1.82, 2.24) is 14.9 Å². The van der Waals surface area contributed by atoms with E-state index in [0.717, 1.165) is 33.9 Å². The Labute approximate surface area is 334 Å². The van der Waals surface area contributed by atoms with Gasteiger partial charge in [0, 0.05) is 59.5 Å². The monoisotopic (exact) mass is 748 g/mol. The Kier molecular flexibility index (Phi) is 7.93. The molecule has 1 unspecified atom stereocenters. The minimum Gasteiger partial charge on any atom is -0.359 e. The average Bonchev–Trinajstić information content (AvgIpc) is 3.83. The summed E-state index contributed by atoms with van der Waals surface area (Å²) in [6.07, 6.45) is 1.94. The fourth-order valence-electron chi connectivity index (χ4n) is 8.54. The molecule has 0 bridgehead atoms. The number of aliphatic imine (C=N–C) groups is 1. The molecule has 57 heavy (non-hydrogen) atoms. The van der Waals surface area contributed by atoms with E-state index in [4.69, 9.17) is 9.98 Å². The van der Waals surface area contributed by atoms with E-state index in [1.807, 2.05) is 23.6 Å². The summed E-state index contributed by atoms with van der Waals surface area (Å²) in [6, 6.07) is 65.1. The number of para-hydroxylation sites is 2. The highest BCUT2D eigenvalue weighted by Crippen LogP contribution is 2.42. The Morgan fingerprint density at radius 1 is 0.526 bits per heavy atom. The minimum absolute atomic E-state index is 0.0126. The summed E-state index contributed by atoms with van der Waals surface area (Å²) in [4.78, 5) is 10.2. The van der Waals surface area contributed by atoms with Crippen molar-refractivity contribution in [3.63, 3.8) is 0 Å². The van der Waals surface area contributed by atoms with Gasteiger partial charge in [-0.05, 0) is 77.7 Å². The number of nitrogens with zero attached hydrogens (tertiary/aromatic N) is 3. The molecule has 270 valence electrons. The summed E-state index contributed by atoms with van der Waals surface area (Å²) < 4.78 is 4.86. The molecule has 0 saturated carbocycles. The number of nitrogens with one attached hydrogen (secondary N) is 1. The van der Waals surface area contributed by atoms with Gasteiger partial charge in [-0.2, -0.15) is 0 Å². The summed E-state index contributed by atoms with van der Waals surface area (Å²) in [5, 5.41) is 8.65. The number of benzene rings is 7. The van der Waals surface area contributed by atoms with Gasteiger partial charge in [-0.15, -0.1) is 11.3 Å². The Hall–Kier alpha value is -7.08. The van der Waals surface area contributed by atoms with Crippen molar-refractivity contribution in [2.75, 3.05) is 0 Å². The van der Waals surface area contributed by atoms with E-state index in [-0.39, 0.29) is 6.04 Å². The van der Waals surface area contributed by atoms with E-state index in [1.54, 1.807) is 0 Å². The molecule has 5 heteroatoms. The van der Waals surface area contributed by atoms with Crippen molar-refractivity contribution in [2.24, 2.45) is 4.99 Å². The number of rotatable bonds is 6. The van der Waals surface area contributed by atoms with Crippen molar-refractivity contribution in [2.45, 2.75) is 13.0 Å². The molecule has 10 aromatic rings. The van der Waals surface area contributed by atoms with Crippen LogP contribution in [0.25, 0.3) is 75.7 Å². The van der Waals surface area contributed by atoms with Crippen LogP contribution in [0, 0.1) is 0 Å². The largest absolute Gasteiger partial charge is 0.359 e. The molecule has 1 atom stereocenters. The zero-order valence-electron chi connectivity index (χ0n) is 31.2. The number of hydrogen-bond donors (Lipinski definition) is 1. The van der Waals surface area contributed by atoms with Crippen LogP contribution in [0.3, 0.4) is 0 Å². The van der Waals surface area contributed by atoms with Crippen molar-refractivity contribution >= 4 is 64.8 Å². The number of hydrogen-bond acceptors (Lipinski definition) is 4. The van der Waals surface area contributed by atoms with Gasteiger partial charge < -0.3 is 9.88 Å². The van der Waals surface area contributed by atoms with Crippen LogP contribution in [-0.4, -0.2) is 15.4 Å². The molecule has 4 nitrogen and oxygen atoms in total. The molecule has 0 radical (unpaired) electrons. The lowest BCUT2D eigenvalue weighted by atomic mass is 9.93. The normalized spacial score (nSPS) is 14.4. The average molecular weight is 749 g/mol. The highest BCUT2D eigenvalue weighted by atomic mass is 32.1. The molecule has 0 aliphatic carbocycles. The second kappa shape index (κ2) is 13.6. The molecular weight excluding hydrogens is 713 g/mol. The first-order chi connectivity index (χ1) is 28.2. The van der Waals surface area contributed by atoms with Gasteiger partial charge in [0.1, 0.15) is 5.84 Å².